The van der Waals surface area contributed by atoms with Gasteiger partial charge < -0.3 is 9.47 Å². The Morgan fingerprint density at radius 3 is 2.39 bits per heavy atom. The lowest BCUT2D eigenvalue weighted by atomic mass is 10.4. The van der Waals surface area contributed by atoms with E-state index >= 15 is 0 Å². The molecule has 0 spiro atoms. The minimum Gasteiger partial charge on any atom is -0.480 e. The summed E-state index contributed by atoms with van der Waals surface area (Å²) in [5, 5.41) is 0.522. The summed E-state index contributed by atoms with van der Waals surface area (Å²) in [7, 11) is -0.918. The van der Waals surface area contributed by atoms with Crippen LogP contribution in [0.3, 0.4) is 0 Å². The van der Waals surface area contributed by atoms with Gasteiger partial charge in [-0.2, -0.15) is 9.97 Å². The zero-order chi connectivity index (χ0) is 16.6. The molecule has 0 bridgehead atoms. The average molecular weight is 445 g/mol. The molecule has 0 saturated heterocycles. The van der Waals surface area contributed by atoms with Gasteiger partial charge in [-0.15, -0.1) is 0 Å². The minimum atomic E-state index is -3.78. The molecular formula is C14H12IN3O4S. The summed E-state index contributed by atoms with van der Waals surface area (Å²) in [5.41, 5.74) is 0.210. The molecule has 0 aliphatic carbocycles. The Labute approximate surface area is 146 Å². The predicted octanol–water partition coefficient (Wildman–Crippen LogP) is 2.29. The van der Waals surface area contributed by atoms with Gasteiger partial charge in [-0.05, 0) is 34.7 Å². The van der Waals surface area contributed by atoms with Crippen molar-refractivity contribution in [1.29, 1.82) is 0 Å². The van der Waals surface area contributed by atoms with E-state index in [0.29, 0.717) is 8.96 Å². The van der Waals surface area contributed by atoms with Crippen LogP contribution in [-0.4, -0.2) is 36.6 Å². The predicted molar refractivity (Wildman–Crippen MR) is 92.4 cm³/mol. The van der Waals surface area contributed by atoms with E-state index in [1.54, 1.807) is 18.2 Å². The van der Waals surface area contributed by atoms with Gasteiger partial charge in [0.15, 0.2) is 5.65 Å². The molecule has 120 valence electrons. The highest BCUT2D eigenvalue weighted by atomic mass is 127. The van der Waals surface area contributed by atoms with E-state index in [-0.39, 0.29) is 22.4 Å². The molecule has 2 heterocycles. The van der Waals surface area contributed by atoms with Crippen LogP contribution in [0.1, 0.15) is 0 Å². The van der Waals surface area contributed by atoms with Gasteiger partial charge in [0.1, 0.15) is 0 Å². The third-order valence-electron chi connectivity index (χ3n) is 3.19. The maximum absolute atomic E-state index is 12.9. The monoisotopic (exact) mass is 445 g/mol. The molecule has 0 fully saturated rings. The number of hydrogen-bond donors (Lipinski definition) is 0. The van der Waals surface area contributed by atoms with E-state index < -0.39 is 10.0 Å². The van der Waals surface area contributed by atoms with E-state index in [2.05, 4.69) is 9.97 Å². The first-order chi connectivity index (χ1) is 11.0. The Hall–Kier alpha value is -1.88. The summed E-state index contributed by atoms with van der Waals surface area (Å²) < 4.78 is 37.8. The molecule has 0 aliphatic rings. The van der Waals surface area contributed by atoms with Crippen LogP contribution in [0.25, 0.3) is 11.0 Å². The Bertz CT molecular complexity index is 971. The van der Waals surface area contributed by atoms with E-state index in [9.17, 15) is 8.42 Å². The molecule has 3 rings (SSSR count). The second-order valence-electron chi connectivity index (χ2n) is 4.51. The standard InChI is InChI=1S/C14H12IN3O4S/c1-21-13-11-10(15)8-18(12(11)16-14(17-13)22-2)23(19,20)9-6-4-3-5-7-9/h3-8H,1-2H3. The van der Waals surface area contributed by atoms with Gasteiger partial charge in [0.25, 0.3) is 10.0 Å². The molecular weight excluding hydrogens is 433 g/mol. The normalized spacial score (nSPS) is 11.6. The second kappa shape index (κ2) is 5.96. The van der Waals surface area contributed by atoms with E-state index in [0.717, 1.165) is 3.97 Å². The van der Waals surface area contributed by atoms with Gasteiger partial charge >= 0.3 is 6.01 Å². The molecule has 0 aliphatic heterocycles. The fourth-order valence-electron chi connectivity index (χ4n) is 2.14. The van der Waals surface area contributed by atoms with Crippen molar-refractivity contribution in [2.75, 3.05) is 14.2 Å². The van der Waals surface area contributed by atoms with Crippen molar-refractivity contribution in [3.63, 3.8) is 0 Å². The topological polar surface area (TPSA) is 83.3 Å². The van der Waals surface area contributed by atoms with Gasteiger partial charge in [0.2, 0.25) is 5.88 Å². The summed E-state index contributed by atoms with van der Waals surface area (Å²) in [6, 6.07) is 8.19. The van der Waals surface area contributed by atoms with Crippen LogP contribution >= 0.6 is 22.6 Å². The highest BCUT2D eigenvalue weighted by Crippen LogP contribution is 2.32. The molecule has 2 aromatic heterocycles. The first-order valence-corrected chi connectivity index (χ1v) is 8.98. The van der Waals surface area contributed by atoms with Crippen LogP contribution in [0, 0.1) is 3.57 Å². The minimum absolute atomic E-state index is 0.0355. The third kappa shape index (κ3) is 2.63. The average Bonchev–Trinajstić information content (AvgIpc) is 2.92. The van der Waals surface area contributed by atoms with Crippen LogP contribution in [0.5, 0.6) is 11.9 Å². The number of hydrogen-bond acceptors (Lipinski definition) is 6. The van der Waals surface area contributed by atoms with E-state index in [1.807, 2.05) is 22.6 Å². The lowest BCUT2D eigenvalue weighted by molar-refractivity contribution is 0.356. The largest absolute Gasteiger partial charge is 0.480 e. The first-order valence-electron chi connectivity index (χ1n) is 6.46. The number of methoxy groups -OCH3 is 2. The number of ether oxygens (including phenoxy) is 2. The molecule has 0 N–H and O–H groups in total. The van der Waals surface area contributed by atoms with Gasteiger partial charge in [-0.3, -0.25) is 0 Å². The Morgan fingerprint density at radius 1 is 1.09 bits per heavy atom. The third-order valence-corrected chi connectivity index (χ3v) is 5.67. The van der Waals surface area contributed by atoms with Crippen LogP contribution in [0.2, 0.25) is 0 Å². The maximum atomic E-state index is 12.9. The van der Waals surface area contributed by atoms with Gasteiger partial charge in [0, 0.05) is 9.77 Å². The van der Waals surface area contributed by atoms with E-state index in [1.165, 1.54) is 32.5 Å². The van der Waals surface area contributed by atoms with Crippen LogP contribution in [0.15, 0.2) is 41.4 Å². The number of aromatic nitrogens is 3. The molecule has 0 unspecified atom stereocenters. The van der Waals surface area contributed by atoms with Gasteiger partial charge in [-0.1, -0.05) is 18.2 Å². The molecule has 0 amide bonds. The summed E-state index contributed by atoms with van der Waals surface area (Å²) in [6.45, 7) is 0. The van der Waals surface area contributed by atoms with Crippen molar-refractivity contribution in [2.45, 2.75) is 4.90 Å². The van der Waals surface area contributed by atoms with Gasteiger partial charge in [-0.25, -0.2) is 12.4 Å². The molecule has 9 heteroatoms. The molecule has 0 saturated carbocycles. The summed E-state index contributed by atoms with van der Waals surface area (Å²) in [4.78, 5) is 8.45. The molecule has 1 aromatic carbocycles. The number of nitrogens with zero attached hydrogens (tertiary/aromatic N) is 3. The summed E-state index contributed by atoms with van der Waals surface area (Å²) >= 11 is 2.02. The Morgan fingerprint density at radius 2 is 1.78 bits per heavy atom. The molecule has 7 nitrogen and oxygen atoms in total. The fraction of sp³-hybridized carbons (Fsp3) is 0.143. The SMILES string of the molecule is COc1nc(OC)c2c(I)cn(S(=O)(=O)c3ccccc3)c2n1. The number of halogens is 1. The number of rotatable bonds is 4. The Kier molecular flexibility index (Phi) is 4.15. The smallest absolute Gasteiger partial charge is 0.321 e. The van der Waals surface area contributed by atoms with Crippen LogP contribution < -0.4 is 9.47 Å². The number of benzene rings is 1. The van der Waals surface area contributed by atoms with Crippen molar-refractivity contribution in [3.8, 4) is 11.9 Å². The second-order valence-corrected chi connectivity index (χ2v) is 7.49. The highest BCUT2D eigenvalue weighted by Gasteiger charge is 2.25. The highest BCUT2D eigenvalue weighted by molar-refractivity contribution is 14.1. The van der Waals surface area contributed by atoms with Gasteiger partial charge in [0.05, 0.1) is 24.5 Å². The molecule has 3 aromatic rings. The lowest BCUT2D eigenvalue weighted by Crippen LogP contribution is -2.12. The van der Waals surface area contributed by atoms with E-state index in [4.69, 9.17) is 9.47 Å². The van der Waals surface area contributed by atoms with Crippen molar-refractivity contribution in [3.05, 3.63) is 40.1 Å². The van der Waals surface area contributed by atoms with Crippen molar-refractivity contribution in [2.24, 2.45) is 0 Å². The van der Waals surface area contributed by atoms with Crippen molar-refractivity contribution >= 4 is 43.6 Å². The summed E-state index contributed by atoms with van der Waals surface area (Å²) in [5.74, 6) is 0.262. The quantitative estimate of drug-likeness (QED) is 0.574. The fourth-order valence-corrected chi connectivity index (χ4v) is 4.41. The van der Waals surface area contributed by atoms with Crippen molar-refractivity contribution < 1.29 is 17.9 Å². The lowest BCUT2D eigenvalue weighted by Gasteiger charge is -2.08. The maximum Gasteiger partial charge on any atom is 0.321 e. The van der Waals surface area contributed by atoms with Crippen LogP contribution in [-0.2, 0) is 10.0 Å². The summed E-state index contributed by atoms with van der Waals surface area (Å²) in [6.07, 6.45) is 1.49. The zero-order valence-corrected chi connectivity index (χ0v) is 15.2. The molecule has 0 atom stereocenters. The molecule has 0 radical (unpaired) electrons. The Balaban J connectivity index is 2.35. The van der Waals surface area contributed by atoms with Crippen LogP contribution in [0.4, 0.5) is 0 Å². The zero-order valence-electron chi connectivity index (χ0n) is 12.2. The van der Waals surface area contributed by atoms with Crippen molar-refractivity contribution in [1.82, 2.24) is 13.9 Å². The molecule has 23 heavy (non-hydrogen) atoms. The first kappa shape index (κ1) is 16.0. The number of fused-ring (bicyclic) bond motifs is 1.